The van der Waals surface area contributed by atoms with Gasteiger partial charge in [-0.25, -0.2) is 0 Å². The van der Waals surface area contributed by atoms with Crippen molar-refractivity contribution in [3.8, 4) is 0 Å². The topological polar surface area (TPSA) is 9.23 Å². The summed E-state index contributed by atoms with van der Waals surface area (Å²) in [5.74, 6) is 0. The average molecular weight is 153 g/mol. The number of hydrogen-bond acceptors (Lipinski definition) is 1. The maximum absolute atomic E-state index is 4.64. The van der Waals surface area contributed by atoms with E-state index in [2.05, 4.69) is 39.2 Å². The van der Waals surface area contributed by atoms with E-state index < -0.39 is 0 Å². The molecule has 6 heavy (non-hydrogen) atoms. The number of alkyl halides is 1. The van der Waals surface area contributed by atoms with E-state index in [-0.39, 0.29) is 7.43 Å². The highest BCUT2D eigenvalue weighted by molar-refractivity contribution is 6.24. The molecular formula is C2H7Cl3O. The molecule has 0 N–H and O–H groups in total. The quantitative estimate of drug-likeness (QED) is 0.486. The van der Waals surface area contributed by atoms with E-state index in [1.54, 1.807) is 0 Å². The molecule has 0 aliphatic heterocycles. The maximum atomic E-state index is 4.64. The summed E-state index contributed by atoms with van der Waals surface area (Å²) in [7, 11) is 0. The first-order valence-electron chi connectivity index (χ1n) is 0.687. The van der Waals surface area contributed by atoms with Crippen molar-refractivity contribution in [3.63, 3.8) is 0 Å². The lowest BCUT2D eigenvalue weighted by Crippen LogP contribution is -1.15. The minimum Gasteiger partial charge on any atom is -0.166 e. The molecule has 0 rings (SSSR count). The van der Waals surface area contributed by atoms with Crippen LogP contribution in [0, 0.1) is 0 Å². The SMILES string of the molecule is C.CCl.ClOCl. The molecule has 0 radical (unpaired) electrons. The first-order valence-corrected chi connectivity index (χ1v) is 2.06. The van der Waals surface area contributed by atoms with Crippen LogP contribution in [-0.2, 0) is 3.84 Å². The van der Waals surface area contributed by atoms with Crippen LogP contribution in [0.2, 0.25) is 0 Å². The Morgan fingerprint density at radius 3 is 1.17 bits per heavy atom. The summed E-state index contributed by atoms with van der Waals surface area (Å²) in [4.78, 5) is 0. The second-order valence-electron chi connectivity index (χ2n) is 0.0583. The van der Waals surface area contributed by atoms with E-state index >= 15 is 0 Å². The molecule has 0 bridgehead atoms. The van der Waals surface area contributed by atoms with Crippen molar-refractivity contribution >= 4 is 35.3 Å². The van der Waals surface area contributed by atoms with Gasteiger partial charge in [0.2, 0.25) is 0 Å². The maximum Gasteiger partial charge on any atom is 0.0832 e. The third-order valence-electron chi connectivity index (χ3n) is 0. The van der Waals surface area contributed by atoms with Gasteiger partial charge in [-0.2, -0.15) is 3.84 Å². The van der Waals surface area contributed by atoms with Crippen molar-refractivity contribution in [3.05, 3.63) is 0 Å². The van der Waals surface area contributed by atoms with Gasteiger partial charge in [-0.1, -0.05) is 7.43 Å². The molecule has 0 saturated heterocycles. The Bertz CT molecular complexity index is 8.75. The lowest BCUT2D eigenvalue weighted by molar-refractivity contribution is 0.697. The average Bonchev–Trinajstić information content (AvgIpc) is 1.46. The van der Waals surface area contributed by atoms with Gasteiger partial charge in [0.15, 0.2) is 0 Å². The molecular weight excluding hydrogens is 146 g/mol. The Labute approximate surface area is 53.5 Å². The molecule has 0 saturated carbocycles. The van der Waals surface area contributed by atoms with Gasteiger partial charge in [0.25, 0.3) is 0 Å². The minimum absolute atomic E-state index is 0. The normalized spacial score (nSPS) is 4.00. The molecule has 0 spiro atoms. The van der Waals surface area contributed by atoms with Gasteiger partial charge in [-0.15, -0.1) is 11.6 Å². The van der Waals surface area contributed by atoms with Crippen molar-refractivity contribution in [1.82, 2.24) is 0 Å². The van der Waals surface area contributed by atoms with Crippen LogP contribution in [0.1, 0.15) is 7.43 Å². The Kier molecular flexibility index (Phi) is 107. The molecule has 0 fully saturated rings. The standard InChI is InChI=1S/CH3Cl.CH4.Cl2O/c1-2;;1-3-2/h1H3;1H4;. The summed E-state index contributed by atoms with van der Waals surface area (Å²) in [6.07, 6.45) is 1.47. The van der Waals surface area contributed by atoms with Gasteiger partial charge in [0.05, 0.1) is 23.7 Å². The predicted molar refractivity (Wildman–Crippen MR) is 31.3 cm³/mol. The smallest absolute Gasteiger partial charge is 0.0832 e. The van der Waals surface area contributed by atoms with Gasteiger partial charge >= 0.3 is 0 Å². The Balaban J connectivity index is -0.0000000275. The Morgan fingerprint density at radius 2 is 1.17 bits per heavy atom. The summed E-state index contributed by atoms with van der Waals surface area (Å²) in [6.45, 7) is 0. The number of halogens is 3. The highest BCUT2D eigenvalue weighted by Gasteiger charge is 1.38. The minimum atomic E-state index is 0. The summed E-state index contributed by atoms with van der Waals surface area (Å²) in [5, 5.41) is 0. The molecule has 0 aliphatic carbocycles. The predicted octanol–water partition coefficient (Wildman–Crippen LogP) is 2.80. The van der Waals surface area contributed by atoms with Crippen molar-refractivity contribution < 1.29 is 3.84 Å². The summed E-state index contributed by atoms with van der Waals surface area (Å²) < 4.78 is 3.19. The molecule has 0 aromatic heterocycles. The highest BCUT2D eigenvalue weighted by atomic mass is 35.6. The molecule has 4 heteroatoms. The van der Waals surface area contributed by atoms with Crippen molar-refractivity contribution in [2.45, 2.75) is 7.43 Å². The number of rotatable bonds is 0. The van der Waals surface area contributed by atoms with E-state index in [0.29, 0.717) is 0 Å². The van der Waals surface area contributed by atoms with Crippen LogP contribution in [0.25, 0.3) is 0 Å². The van der Waals surface area contributed by atoms with E-state index in [4.69, 9.17) is 0 Å². The largest absolute Gasteiger partial charge is 0.166 e. The van der Waals surface area contributed by atoms with Crippen LogP contribution in [0.15, 0.2) is 0 Å². The van der Waals surface area contributed by atoms with E-state index in [1.165, 1.54) is 6.38 Å². The molecule has 0 aromatic carbocycles. The number of hydrogen-bond donors (Lipinski definition) is 0. The monoisotopic (exact) mass is 152 g/mol. The van der Waals surface area contributed by atoms with Gasteiger partial charge in [0.1, 0.15) is 0 Å². The molecule has 0 atom stereocenters. The van der Waals surface area contributed by atoms with Crippen LogP contribution >= 0.6 is 35.3 Å². The van der Waals surface area contributed by atoms with Gasteiger partial charge < -0.3 is 0 Å². The fraction of sp³-hybridized carbons (Fsp3) is 1.00. The summed E-state index contributed by atoms with van der Waals surface area (Å²) >= 11 is 13.2. The van der Waals surface area contributed by atoms with Crippen LogP contribution in [0.5, 0.6) is 0 Å². The van der Waals surface area contributed by atoms with Gasteiger partial charge in [0, 0.05) is 6.38 Å². The molecule has 0 amide bonds. The summed E-state index contributed by atoms with van der Waals surface area (Å²) in [6, 6.07) is 0. The van der Waals surface area contributed by atoms with E-state index in [1.807, 2.05) is 0 Å². The molecule has 0 aromatic rings. The van der Waals surface area contributed by atoms with Gasteiger partial charge in [-0.3, -0.25) is 0 Å². The third-order valence-corrected chi connectivity index (χ3v) is 0. The second-order valence-corrected chi connectivity index (χ2v) is 0.525. The second kappa shape index (κ2) is 40.6. The third kappa shape index (κ3) is 103. The lowest BCUT2D eigenvalue weighted by atomic mass is 12.0. The van der Waals surface area contributed by atoms with Crippen LogP contribution in [-0.4, -0.2) is 6.38 Å². The van der Waals surface area contributed by atoms with Crippen LogP contribution in [0.4, 0.5) is 0 Å². The van der Waals surface area contributed by atoms with Gasteiger partial charge in [-0.05, 0) is 0 Å². The van der Waals surface area contributed by atoms with Crippen molar-refractivity contribution in [2.24, 2.45) is 0 Å². The summed E-state index contributed by atoms with van der Waals surface area (Å²) in [5.41, 5.74) is 0. The molecule has 0 heterocycles. The zero-order chi connectivity index (χ0) is 4.71. The zero-order valence-corrected chi connectivity index (χ0v) is 4.81. The Hall–Kier alpha value is 0.830. The van der Waals surface area contributed by atoms with Crippen molar-refractivity contribution in [2.75, 3.05) is 6.38 Å². The highest BCUT2D eigenvalue weighted by Crippen LogP contribution is 1.78. The molecule has 0 unspecified atom stereocenters. The van der Waals surface area contributed by atoms with Crippen LogP contribution < -0.4 is 0 Å². The van der Waals surface area contributed by atoms with Crippen molar-refractivity contribution in [1.29, 1.82) is 0 Å². The van der Waals surface area contributed by atoms with Crippen LogP contribution in [0.3, 0.4) is 0 Å². The Morgan fingerprint density at radius 1 is 1.17 bits per heavy atom. The fourth-order valence-electron chi connectivity index (χ4n) is 0. The first kappa shape index (κ1) is 15.8. The molecule has 0 aliphatic rings. The molecule has 42 valence electrons. The van der Waals surface area contributed by atoms with E-state index in [0.717, 1.165) is 0 Å². The fourth-order valence-corrected chi connectivity index (χ4v) is 0. The van der Waals surface area contributed by atoms with E-state index in [9.17, 15) is 0 Å². The zero-order valence-electron chi connectivity index (χ0n) is 2.54. The first-order chi connectivity index (χ1) is 2.41. The molecule has 1 nitrogen and oxygen atoms in total. The lowest BCUT2D eigenvalue weighted by Gasteiger charge is -1.46.